The molecular weight excluding hydrogens is 150 g/mol. The van der Waals surface area contributed by atoms with E-state index in [1.165, 1.54) is 0 Å². The lowest BCUT2D eigenvalue weighted by Gasteiger charge is -2.02. The summed E-state index contributed by atoms with van der Waals surface area (Å²) in [6.45, 7) is 0. The quantitative estimate of drug-likeness (QED) is 0.418. The summed E-state index contributed by atoms with van der Waals surface area (Å²) in [7, 11) is 0. The molecule has 0 bridgehead atoms. The van der Waals surface area contributed by atoms with Crippen molar-refractivity contribution in [2.24, 2.45) is 0 Å². The van der Waals surface area contributed by atoms with Crippen LogP contribution in [-0.2, 0) is 11.2 Å². The number of rotatable bonds is 4. The van der Waals surface area contributed by atoms with Gasteiger partial charge in [0.05, 0.1) is 0 Å². The molecule has 0 amide bonds. The van der Waals surface area contributed by atoms with E-state index in [0.717, 1.165) is 30.4 Å². The van der Waals surface area contributed by atoms with Crippen molar-refractivity contribution in [1.82, 2.24) is 0 Å². The highest BCUT2D eigenvalue weighted by Crippen LogP contribution is 2.12. The van der Waals surface area contributed by atoms with Crippen molar-refractivity contribution in [3.05, 3.63) is 29.8 Å². The summed E-state index contributed by atoms with van der Waals surface area (Å²) in [6.07, 6.45) is 3.34. The molecule has 0 unspecified atom stereocenters. The van der Waals surface area contributed by atoms with Crippen LogP contribution in [0.2, 0.25) is 0 Å². The van der Waals surface area contributed by atoms with Crippen molar-refractivity contribution >= 4 is 12.0 Å². The third-order valence-electron chi connectivity index (χ3n) is 1.82. The summed E-state index contributed by atoms with van der Waals surface area (Å²) in [5, 5.41) is 0. The molecule has 0 aliphatic rings. The van der Waals surface area contributed by atoms with Gasteiger partial charge in [0.1, 0.15) is 6.29 Å². The largest absolute Gasteiger partial charge is 0.399 e. The van der Waals surface area contributed by atoms with Crippen molar-refractivity contribution in [2.75, 3.05) is 5.73 Å². The minimum Gasteiger partial charge on any atom is -0.399 e. The SMILES string of the molecule is Nc1ccccc1CCCC=O. The fraction of sp³-hybridized carbons (Fsp3) is 0.300. The van der Waals surface area contributed by atoms with Crippen LogP contribution in [0, 0.1) is 0 Å². The Labute approximate surface area is 72.4 Å². The molecule has 0 atom stereocenters. The van der Waals surface area contributed by atoms with E-state index in [0.29, 0.717) is 6.42 Å². The van der Waals surface area contributed by atoms with Crippen LogP contribution >= 0.6 is 0 Å². The number of benzene rings is 1. The van der Waals surface area contributed by atoms with Crippen LogP contribution in [0.3, 0.4) is 0 Å². The molecule has 0 saturated heterocycles. The Bertz CT molecular complexity index is 258. The Balaban J connectivity index is 2.51. The first kappa shape index (κ1) is 8.78. The molecule has 0 fully saturated rings. The van der Waals surface area contributed by atoms with Crippen molar-refractivity contribution < 1.29 is 4.79 Å². The van der Waals surface area contributed by atoms with Crippen LogP contribution < -0.4 is 5.73 Å². The molecule has 2 nitrogen and oxygen atoms in total. The first-order valence-electron chi connectivity index (χ1n) is 4.11. The number of aryl methyl sites for hydroxylation is 1. The van der Waals surface area contributed by atoms with Crippen molar-refractivity contribution in [2.45, 2.75) is 19.3 Å². The maximum atomic E-state index is 10.0. The average molecular weight is 163 g/mol. The first-order valence-corrected chi connectivity index (χ1v) is 4.11. The number of hydrogen-bond acceptors (Lipinski definition) is 2. The summed E-state index contributed by atoms with van der Waals surface area (Å²) >= 11 is 0. The molecular formula is C10H13NO. The maximum Gasteiger partial charge on any atom is 0.120 e. The number of nitrogens with two attached hydrogens (primary N) is 1. The van der Waals surface area contributed by atoms with Crippen molar-refractivity contribution in [1.29, 1.82) is 0 Å². The number of anilines is 1. The molecule has 1 rings (SSSR count). The Kier molecular flexibility index (Phi) is 3.33. The molecule has 2 N–H and O–H groups in total. The second kappa shape index (κ2) is 4.54. The van der Waals surface area contributed by atoms with Gasteiger partial charge in [0.2, 0.25) is 0 Å². The molecule has 0 aliphatic heterocycles. The fourth-order valence-electron chi connectivity index (χ4n) is 1.14. The summed E-state index contributed by atoms with van der Waals surface area (Å²) in [5.74, 6) is 0. The predicted molar refractivity (Wildman–Crippen MR) is 49.9 cm³/mol. The predicted octanol–water partition coefficient (Wildman–Crippen LogP) is 1.79. The Hall–Kier alpha value is -1.31. The molecule has 1 aromatic carbocycles. The van der Waals surface area contributed by atoms with Gasteiger partial charge in [-0.2, -0.15) is 0 Å². The summed E-state index contributed by atoms with van der Waals surface area (Å²) in [4.78, 5) is 10.0. The molecule has 0 aliphatic carbocycles. The first-order chi connectivity index (χ1) is 5.84. The Morgan fingerprint density at radius 1 is 1.33 bits per heavy atom. The van der Waals surface area contributed by atoms with Gasteiger partial charge in [-0.25, -0.2) is 0 Å². The van der Waals surface area contributed by atoms with Crippen molar-refractivity contribution in [3.63, 3.8) is 0 Å². The lowest BCUT2D eigenvalue weighted by atomic mass is 10.1. The smallest absolute Gasteiger partial charge is 0.120 e. The van der Waals surface area contributed by atoms with Crippen LogP contribution in [-0.4, -0.2) is 6.29 Å². The van der Waals surface area contributed by atoms with Gasteiger partial charge in [0.15, 0.2) is 0 Å². The topological polar surface area (TPSA) is 43.1 Å². The van der Waals surface area contributed by atoms with E-state index < -0.39 is 0 Å². The Morgan fingerprint density at radius 2 is 2.08 bits per heavy atom. The van der Waals surface area contributed by atoms with Crippen LogP contribution in [0.15, 0.2) is 24.3 Å². The van der Waals surface area contributed by atoms with E-state index in [-0.39, 0.29) is 0 Å². The summed E-state index contributed by atoms with van der Waals surface area (Å²) < 4.78 is 0. The summed E-state index contributed by atoms with van der Waals surface area (Å²) in [5.41, 5.74) is 7.68. The van der Waals surface area contributed by atoms with Crippen LogP contribution in [0.25, 0.3) is 0 Å². The normalized spacial score (nSPS) is 9.67. The standard InChI is InChI=1S/C10H13NO/c11-10-7-2-1-5-9(10)6-3-4-8-12/h1-2,5,7-8H,3-4,6,11H2. The van der Waals surface area contributed by atoms with Crippen molar-refractivity contribution in [3.8, 4) is 0 Å². The average Bonchev–Trinajstić information content (AvgIpc) is 2.09. The minimum absolute atomic E-state index is 0.619. The van der Waals surface area contributed by atoms with Gasteiger partial charge in [-0.1, -0.05) is 18.2 Å². The third-order valence-corrected chi connectivity index (χ3v) is 1.82. The van der Waals surface area contributed by atoms with Crippen LogP contribution in [0.4, 0.5) is 5.69 Å². The van der Waals surface area contributed by atoms with Crippen LogP contribution in [0.1, 0.15) is 18.4 Å². The molecule has 12 heavy (non-hydrogen) atoms. The van der Waals surface area contributed by atoms with E-state index >= 15 is 0 Å². The Morgan fingerprint density at radius 3 is 2.75 bits per heavy atom. The number of carbonyl (C=O) groups is 1. The van der Waals surface area contributed by atoms with Gasteiger partial charge in [-0.3, -0.25) is 0 Å². The van der Waals surface area contributed by atoms with E-state index in [1.54, 1.807) is 0 Å². The van der Waals surface area contributed by atoms with E-state index in [9.17, 15) is 4.79 Å². The zero-order valence-electron chi connectivity index (χ0n) is 6.99. The van der Waals surface area contributed by atoms with Gasteiger partial charge >= 0.3 is 0 Å². The lowest BCUT2D eigenvalue weighted by molar-refractivity contribution is -0.107. The molecule has 64 valence electrons. The number of aldehydes is 1. The molecule has 1 aromatic rings. The number of hydrogen-bond donors (Lipinski definition) is 1. The third kappa shape index (κ3) is 2.38. The van der Waals surface area contributed by atoms with Crippen LogP contribution in [0.5, 0.6) is 0 Å². The number of nitrogen functional groups attached to an aromatic ring is 1. The number of unbranched alkanes of at least 4 members (excludes halogenated alkanes) is 1. The van der Waals surface area contributed by atoms with Gasteiger partial charge in [-0.15, -0.1) is 0 Å². The lowest BCUT2D eigenvalue weighted by Crippen LogP contribution is -1.93. The zero-order valence-corrected chi connectivity index (χ0v) is 6.99. The fourth-order valence-corrected chi connectivity index (χ4v) is 1.14. The molecule has 0 radical (unpaired) electrons. The minimum atomic E-state index is 0.619. The van der Waals surface area contributed by atoms with E-state index in [4.69, 9.17) is 5.73 Å². The van der Waals surface area contributed by atoms with E-state index in [2.05, 4.69) is 0 Å². The maximum absolute atomic E-state index is 10.0. The second-order valence-corrected chi connectivity index (χ2v) is 2.76. The number of carbonyl (C=O) groups excluding carboxylic acids is 1. The highest BCUT2D eigenvalue weighted by molar-refractivity contribution is 5.50. The molecule has 2 heteroatoms. The second-order valence-electron chi connectivity index (χ2n) is 2.76. The molecule has 0 heterocycles. The monoisotopic (exact) mass is 163 g/mol. The molecule has 0 saturated carbocycles. The van der Waals surface area contributed by atoms with E-state index in [1.807, 2.05) is 24.3 Å². The number of para-hydroxylation sites is 1. The zero-order chi connectivity index (χ0) is 8.81. The molecule has 0 spiro atoms. The summed E-state index contributed by atoms with van der Waals surface area (Å²) in [6, 6.07) is 7.77. The highest BCUT2D eigenvalue weighted by Gasteiger charge is 1.95. The molecule has 0 aromatic heterocycles. The van der Waals surface area contributed by atoms with Gasteiger partial charge in [-0.05, 0) is 24.5 Å². The van der Waals surface area contributed by atoms with Gasteiger partial charge < -0.3 is 10.5 Å². The van der Waals surface area contributed by atoms with Gasteiger partial charge in [0.25, 0.3) is 0 Å². The highest BCUT2D eigenvalue weighted by atomic mass is 16.1. The van der Waals surface area contributed by atoms with Gasteiger partial charge in [0, 0.05) is 12.1 Å².